The second kappa shape index (κ2) is 7.44. The van der Waals surface area contributed by atoms with E-state index in [1.807, 2.05) is 50.4 Å². The first kappa shape index (κ1) is 19.0. The molecule has 6 nitrogen and oxygen atoms in total. The summed E-state index contributed by atoms with van der Waals surface area (Å²) in [5.74, 6) is 0.172. The predicted octanol–water partition coefficient (Wildman–Crippen LogP) is 3.20. The number of nitrogens with two attached hydrogens (primary N) is 1. The van der Waals surface area contributed by atoms with Crippen molar-refractivity contribution in [2.24, 2.45) is 12.8 Å². The summed E-state index contributed by atoms with van der Waals surface area (Å²) in [5, 5.41) is 8.46. The lowest BCUT2D eigenvalue weighted by molar-refractivity contribution is 0.600. The Bertz CT molecular complexity index is 1080. The molecule has 27 heavy (non-hydrogen) atoms. The molecule has 0 fully saturated rings. The predicted molar refractivity (Wildman–Crippen MR) is 111 cm³/mol. The number of benzene rings is 2. The second-order valence-electron chi connectivity index (χ2n) is 6.68. The molecule has 0 aliphatic rings. The SMILES string of the molecule is CCCS(=O)(=O)Nc1ccc2c(c1)cc(Cc1ccc(C(=N)N)cc1)n2C. The van der Waals surface area contributed by atoms with Gasteiger partial charge in [0.25, 0.3) is 0 Å². The molecule has 0 aliphatic carbocycles. The zero-order valence-electron chi connectivity index (χ0n) is 15.5. The number of rotatable bonds is 7. The van der Waals surface area contributed by atoms with Crippen molar-refractivity contribution in [2.45, 2.75) is 19.8 Å². The zero-order chi connectivity index (χ0) is 19.6. The molecule has 0 aliphatic heterocycles. The molecule has 0 saturated heterocycles. The van der Waals surface area contributed by atoms with Gasteiger partial charge in [-0.15, -0.1) is 0 Å². The lowest BCUT2D eigenvalue weighted by Crippen LogP contribution is -2.15. The zero-order valence-corrected chi connectivity index (χ0v) is 16.3. The standard InChI is InChI=1S/C20H24N4O2S/c1-3-10-27(25,26)23-17-8-9-19-16(12-17)13-18(24(19)2)11-14-4-6-15(7-5-14)20(21)22/h4-9,12-13,23H,3,10-11H2,1-2H3,(H3,21,22). The third kappa shape index (κ3) is 4.31. The molecule has 3 rings (SSSR count). The van der Waals surface area contributed by atoms with Gasteiger partial charge in [-0.05, 0) is 36.2 Å². The quantitative estimate of drug-likeness (QED) is 0.431. The Morgan fingerprint density at radius 1 is 1.15 bits per heavy atom. The van der Waals surface area contributed by atoms with Crippen LogP contribution < -0.4 is 10.5 Å². The van der Waals surface area contributed by atoms with Gasteiger partial charge in [-0.1, -0.05) is 31.2 Å². The third-order valence-electron chi connectivity index (χ3n) is 4.54. The molecular weight excluding hydrogens is 360 g/mol. The molecule has 0 saturated carbocycles. The van der Waals surface area contributed by atoms with Crippen LogP contribution in [-0.4, -0.2) is 24.6 Å². The minimum Gasteiger partial charge on any atom is -0.384 e. The number of sulfonamides is 1. The Balaban J connectivity index is 1.87. The van der Waals surface area contributed by atoms with Gasteiger partial charge in [0.15, 0.2) is 0 Å². The molecule has 7 heteroatoms. The van der Waals surface area contributed by atoms with Crippen molar-refractivity contribution in [3.63, 3.8) is 0 Å². The lowest BCUT2D eigenvalue weighted by Gasteiger charge is -2.08. The van der Waals surface area contributed by atoms with E-state index in [1.165, 1.54) is 0 Å². The summed E-state index contributed by atoms with van der Waals surface area (Å²) in [7, 11) is -1.30. The average Bonchev–Trinajstić information content (AvgIpc) is 2.90. The van der Waals surface area contributed by atoms with Gasteiger partial charge in [0.1, 0.15) is 5.84 Å². The van der Waals surface area contributed by atoms with Crippen molar-refractivity contribution in [2.75, 3.05) is 10.5 Å². The average molecular weight is 385 g/mol. The monoisotopic (exact) mass is 384 g/mol. The van der Waals surface area contributed by atoms with Gasteiger partial charge in [0, 0.05) is 41.3 Å². The molecule has 2 aromatic carbocycles. The molecule has 0 radical (unpaired) electrons. The van der Waals surface area contributed by atoms with Crippen LogP contribution in [0.2, 0.25) is 0 Å². The van der Waals surface area contributed by atoms with Crippen molar-refractivity contribution >= 4 is 32.4 Å². The number of hydrogen-bond donors (Lipinski definition) is 3. The number of fused-ring (bicyclic) bond motifs is 1. The van der Waals surface area contributed by atoms with Crippen LogP contribution in [0.4, 0.5) is 5.69 Å². The van der Waals surface area contributed by atoms with E-state index in [9.17, 15) is 8.42 Å². The largest absolute Gasteiger partial charge is 0.384 e. The van der Waals surface area contributed by atoms with Crippen LogP contribution in [0.15, 0.2) is 48.5 Å². The molecule has 0 spiro atoms. The Morgan fingerprint density at radius 2 is 1.85 bits per heavy atom. The van der Waals surface area contributed by atoms with E-state index >= 15 is 0 Å². The Hall–Kier alpha value is -2.80. The van der Waals surface area contributed by atoms with Crippen LogP contribution in [-0.2, 0) is 23.5 Å². The summed E-state index contributed by atoms with van der Waals surface area (Å²) < 4.78 is 28.7. The van der Waals surface area contributed by atoms with Crippen LogP contribution in [0.1, 0.15) is 30.2 Å². The van der Waals surface area contributed by atoms with Crippen LogP contribution in [0, 0.1) is 5.41 Å². The van der Waals surface area contributed by atoms with Gasteiger partial charge in [0.2, 0.25) is 10.0 Å². The molecule has 0 amide bonds. The van der Waals surface area contributed by atoms with Crippen molar-refractivity contribution in [3.05, 3.63) is 65.4 Å². The van der Waals surface area contributed by atoms with Gasteiger partial charge in [-0.25, -0.2) is 8.42 Å². The first-order valence-corrected chi connectivity index (χ1v) is 10.5. The van der Waals surface area contributed by atoms with E-state index in [0.29, 0.717) is 17.7 Å². The van der Waals surface area contributed by atoms with Crippen LogP contribution in [0.3, 0.4) is 0 Å². The maximum Gasteiger partial charge on any atom is 0.232 e. The molecule has 142 valence electrons. The molecule has 1 heterocycles. The molecule has 3 aromatic rings. The number of aryl methyl sites for hydroxylation is 1. The van der Waals surface area contributed by atoms with Gasteiger partial charge in [-0.2, -0.15) is 0 Å². The fourth-order valence-electron chi connectivity index (χ4n) is 3.15. The fraction of sp³-hybridized carbons (Fsp3) is 0.250. The second-order valence-corrected chi connectivity index (χ2v) is 8.52. The normalized spacial score (nSPS) is 11.6. The molecular formula is C20H24N4O2S. The Morgan fingerprint density at radius 3 is 2.48 bits per heavy atom. The number of nitrogen functional groups attached to an aromatic ring is 1. The number of anilines is 1. The maximum absolute atomic E-state index is 12.0. The summed E-state index contributed by atoms with van der Waals surface area (Å²) in [5.41, 5.74) is 10.1. The van der Waals surface area contributed by atoms with E-state index in [4.69, 9.17) is 11.1 Å². The Labute approximate surface area is 159 Å². The van der Waals surface area contributed by atoms with Crippen LogP contribution in [0.25, 0.3) is 10.9 Å². The van der Waals surface area contributed by atoms with Crippen molar-refractivity contribution < 1.29 is 8.42 Å². The highest BCUT2D eigenvalue weighted by Crippen LogP contribution is 2.25. The van der Waals surface area contributed by atoms with E-state index in [0.717, 1.165) is 28.6 Å². The minimum absolute atomic E-state index is 0.0595. The van der Waals surface area contributed by atoms with Crippen LogP contribution >= 0.6 is 0 Å². The van der Waals surface area contributed by atoms with E-state index in [-0.39, 0.29) is 11.6 Å². The number of nitrogens with one attached hydrogen (secondary N) is 2. The number of hydrogen-bond acceptors (Lipinski definition) is 3. The fourth-order valence-corrected chi connectivity index (χ4v) is 4.28. The summed E-state index contributed by atoms with van der Waals surface area (Å²) in [4.78, 5) is 0. The summed E-state index contributed by atoms with van der Waals surface area (Å²) in [6, 6.07) is 15.3. The van der Waals surface area contributed by atoms with E-state index < -0.39 is 10.0 Å². The van der Waals surface area contributed by atoms with Crippen molar-refractivity contribution in [1.29, 1.82) is 5.41 Å². The highest BCUT2D eigenvalue weighted by Gasteiger charge is 2.11. The highest BCUT2D eigenvalue weighted by molar-refractivity contribution is 7.92. The van der Waals surface area contributed by atoms with Crippen LogP contribution in [0.5, 0.6) is 0 Å². The smallest absolute Gasteiger partial charge is 0.232 e. The Kier molecular flexibility index (Phi) is 5.23. The van der Waals surface area contributed by atoms with Crippen molar-refractivity contribution in [3.8, 4) is 0 Å². The first-order chi connectivity index (χ1) is 12.8. The minimum atomic E-state index is -3.30. The van der Waals surface area contributed by atoms with Crippen molar-refractivity contribution in [1.82, 2.24) is 4.57 Å². The number of aromatic nitrogens is 1. The highest BCUT2D eigenvalue weighted by atomic mass is 32.2. The molecule has 1 aromatic heterocycles. The van der Waals surface area contributed by atoms with Gasteiger partial charge >= 0.3 is 0 Å². The molecule has 0 unspecified atom stereocenters. The summed E-state index contributed by atoms with van der Waals surface area (Å²) in [6.07, 6.45) is 1.32. The van der Waals surface area contributed by atoms with E-state index in [1.54, 1.807) is 6.07 Å². The number of amidine groups is 1. The molecule has 0 atom stereocenters. The van der Waals surface area contributed by atoms with Gasteiger partial charge in [0.05, 0.1) is 5.75 Å². The maximum atomic E-state index is 12.0. The summed E-state index contributed by atoms with van der Waals surface area (Å²) in [6.45, 7) is 1.84. The first-order valence-electron chi connectivity index (χ1n) is 8.81. The lowest BCUT2D eigenvalue weighted by atomic mass is 10.1. The molecule has 4 N–H and O–H groups in total. The summed E-state index contributed by atoms with van der Waals surface area (Å²) >= 11 is 0. The topological polar surface area (TPSA) is 101 Å². The van der Waals surface area contributed by atoms with Gasteiger partial charge < -0.3 is 10.3 Å². The van der Waals surface area contributed by atoms with E-state index in [2.05, 4.69) is 15.4 Å². The third-order valence-corrected chi connectivity index (χ3v) is 6.03. The molecule has 0 bridgehead atoms. The number of nitrogens with zero attached hydrogens (tertiary/aromatic N) is 1. The van der Waals surface area contributed by atoms with Gasteiger partial charge in [-0.3, -0.25) is 10.1 Å².